The fraction of sp³-hybridized carbons (Fsp3) is 0.455. The number of nitrogen functional groups attached to an aromatic ring is 1. The average molecular weight is 255 g/mol. The first kappa shape index (κ1) is 14.2. The van der Waals surface area contributed by atoms with Gasteiger partial charge >= 0.3 is 0 Å². The van der Waals surface area contributed by atoms with Gasteiger partial charge < -0.3 is 25.7 Å². The number of pyridine rings is 1. The molecule has 0 radical (unpaired) electrons. The van der Waals surface area contributed by atoms with E-state index >= 15 is 0 Å². The summed E-state index contributed by atoms with van der Waals surface area (Å²) >= 11 is 0. The van der Waals surface area contributed by atoms with Crippen molar-refractivity contribution in [2.45, 2.75) is 0 Å². The summed E-state index contributed by atoms with van der Waals surface area (Å²) in [6.07, 6.45) is 1.40. The zero-order valence-electron chi connectivity index (χ0n) is 10.2. The van der Waals surface area contributed by atoms with Gasteiger partial charge in [-0.05, 0) is 6.07 Å². The van der Waals surface area contributed by atoms with Crippen LogP contribution in [0, 0.1) is 0 Å². The Balaban J connectivity index is 2.44. The molecule has 100 valence electrons. The van der Waals surface area contributed by atoms with E-state index in [1.54, 1.807) is 7.11 Å². The lowest BCUT2D eigenvalue weighted by Gasteiger charge is -2.09. The van der Waals surface area contributed by atoms with Crippen LogP contribution in [0.4, 0.5) is 5.69 Å². The number of methoxy groups -OCH3 is 1. The van der Waals surface area contributed by atoms with Crippen molar-refractivity contribution in [1.29, 1.82) is 0 Å². The highest BCUT2D eigenvalue weighted by Crippen LogP contribution is 2.16. The number of primary amides is 1. The van der Waals surface area contributed by atoms with E-state index in [1.807, 2.05) is 0 Å². The van der Waals surface area contributed by atoms with E-state index in [0.29, 0.717) is 25.5 Å². The summed E-state index contributed by atoms with van der Waals surface area (Å²) in [4.78, 5) is 15.1. The Morgan fingerprint density at radius 1 is 1.33 bits per heavy atom. The number of carbonyl (C=O) groups excluding carboxylic acids is 1. The van der Waals surface area contributed by atoms with Crippen molar-refractivity contribution in [3.63, 3.8) is 0 Å². The van der Waals surface area contributed by atoms with Crippen LogP contribution in [-0.4, -0.2) is 44.4 Å². The number of amides is 1. The van der Waals surface area contributed by atoms with E-state index in [-0.39, 0.29) is 18.1 Å². The summed E-state index contributed by atoms with van der Waals surface area (Å²) in [5, 5.41) is 0. The third kappa shape index (κ3) is 4.56. The second-order valence-corrected chi connectivity index (χ2v) is 3.44. The normalized spacial score (nSPS) is 10.3. The number of anilines is 1. The van der Waals surface area contributed by atoms with Gasteiger partial charge in [-0.3, -0.25) is 4.79 Å². The van der Waals surface area contributed by atoms with Crippen molar-refractivity contribution in [2.75, 3.05) is 39.3 Å². The van der Waals surface area contributed by atoms with Gasteiger partial charge in [-0.15, -0.1) is 0 Å². The van der Waals surface area contributed by atoms with E-state index < -0.39 is 5.91 Å². The quantitative estimate of drug-likeness (QED) is 0.623. The third-order valence-corrected chi connectivity index (χ3v) is 2.04. The van der Waals surface area contributed by atoms with Crippen LogP contribution in [-0.2, 0) is 9.47 Å². The minimum atomic E-state index is -0.634. The maximum atomic E-state index is 11.1. The lowest BCUT2D eigenvalue weighted by atomic mass is 10.2. The number of carbonyl (C=O) groups is 1. The highest BCUT2D eigenvalue weighted by molar-refractivity contribution is 5.95. The lowest BCUT2D eigenvalue weighted by molar-refractivity contribution is 0.0534. The van der Waals surface area contributed by atoms with Crippen molar-refractivity contribution in [3.8, 4) is 5.88 Å². The molecule has 1 aromatic rings. The van der Waals surface area contributed by atoms with Crippen LogP contribution in [0.5, 0.6) is 5.88 Å². The van der Waals surface area contributed by atoms with Gasteiger partial charge in [0.15, 0.2) is 0 Å². The van der Waals surface area contributed by atoms with Gasteiger partial charge in [0.2, 0.25) is 5.88 Å². The average Bonchev–Trinajstić information content (AvgIpc) is 2.35. The Morgan fingerprint density at radius 3 is 2.72 bits per heavy atom. The van der Waals surface area contributed by atoms with Crippen LogP contribution < -0.4 is 16.2 Å². The molecule has 0 spiro atoms. The standard InChI is InChI=1S/C11H17N3O4/c1-16-2-3-17-4-5-18-11-9(10(13)15)6-8(12)7-14-11/h6-7H,2-5,12H2,1H3,(H2,13,15). The molecule has 0 aliphatic heterocycles. The summed E-state index contributed by atoms with van der Waals surface area (Å²) in [5.74, 6) is -0.475. The summed E-state index contributed by atoms with van der Waals surface area (Å²) in [6, 6.07) is 1.43. The molecule has 7 nitrogen and oxygen atoms in total. The van der Waals surface area contributed by atoms with Crippen molar-refractivity contribution < 1.29 is 19.0 Å². The number of hydrogen-bond acceptors (Lipinski definition) is 6. The monoisotopic (exact) mass is 255 g/mol. The van der Waals surface area contributed by atoms with Crippen molar-refractivity contribution in [2.24, 2.45) is 5.73 Å². The van der Waals surface area contributed by atoms with Gasteiger partial charge in [-0.1, -0.05) is 0 Å². The third-order valence-electron chi connectivity index (χ3n) is 2.04. The topological polar surface area (TPSA) is 110 Å². The Bertz CT molecular complexity index is 398. The van der Waals surface area contributed by atoms with Gasteiger partial charge in [0, 0.05) is 7.11 Å². The molecule has 0 bridgehead atoms. The maximum absolute atomic E-state index is 11.1. The molecule has 0 aromatic carbocycles. The van der Waals surface area contributed by atoms with Crippen LogP contribution >= 0.6 is 0 Å². The molecule has 1 heterocycles. The zero-order valence-corrected chi connectivity index (χ0v) is 10.2. The Kier molecular flexibility index (Phi) is 5.89. The Labute approximate surface area is 105 Å². The molecule has 0 fully saturated rings. The Hall–Kier alpha value is -1.86. The van der Waals surface area contributed by atoms with Crippen LogP contribution in [0.15, 0.2) is 12.3 Å². The molecule has 0 aliphatic carbocycles. The van der Waals surface area contributed by atoms with Gasteiger partial charge in [-0.25, -0.2) is 4.98 Å². The van der Waals surface area contributed by atoms with E-state index in [0.717, 1.165) is 0 Å². The number of nitrogens with two attached hydrogens (primary N) is 2. The minimum absolute atomic E-state index is 0.159. The summed E-state index contributed by atoms with van der Waals surface area (Å²) in [6.45, 7) is 1.64. The van der Waals surface area contributed by atoms with Crippen molar-refractivity contribution >= 4 is 11.6 Å². The number of nitrogens with zero attached hydrogens (tertiary/aromatic N) is 1. The molecule has 0 unspecified atom stereocenters. The highest BCUT2D eigenvalue weighted by Gasteiger charge is 2.11. The predicted octanol–water partition coefficient (Wildman–Crippen LogP) is -0.195. The molecular formula is C11H17N3O4. The molecule has 0 saturated carbocycles. The largest absolute Gasteiger partial charge is 0.475 e. The highest BCUT2D eigenvalue weighted by atomic mass is 16.5. The summed E-state index contributed by atoms with van der Waals surface area (Å²) in [7, 11) is 1.59. The lowest BCUT2D eigenvalue weighted by Crippen LogP contribution is -2.16. The summed E-state index contributed by atoms with van der Waals surface area (Å²) in [5.41, 5.74) is 11.2. The fourth-order valence-electron chi connectivity index (χ4n) is 1.20. The van der Waals surface area contributed by atoms with E-state index in [1.165, 1.54) is 12.3 Å². The first-order valence-electron chi connectivity index (χ1n) is 5.40. The van der Waals surface area contributed by atoms with Crippen LogP contribution in [0.1, 0.15) is 10.4 Å². The number of ether oxygens (including phenoxy) is 3. The fourth-order valence-corrected chi connectivity index (χ4v) is 1.20. The SMILES string of the molecule is COCCOCCOc1ncc(N)cc1C(N)=O. The molecule has 1 aromatic heterocycles. The molecular weight excluding hydrogens is 238 g/mol. The minimum Gasteiger partial charge on any atom is -0.475 e. The van der Waals surface area contributed by atoms with Crippen molar-refractivity contribution in [3.05, 3.63) is 17.8 Å². The van der Waals surface area contributed by atoms with Crippen LogP contribution in [0.25, 0.3) is 0 Å². The Morgan fingerprint density at radius 2 is 2.06 bits per heavy atom. The van der Waals surface area contributed by atoms with Gasteiger partial charge in [0.25, 0.3) is 5.91 Å². The molecule has 0 saturated heterocycles. The molecule has 1 rings (SSSR count). The van der Waals surface area contributed by atoms with E-state index in [4.69, 9.17) is 25.7 Å². The zero-order chi connectivity index (χ0) is 13.4. The molecule has 1 amide bonds. The maximum Gasteiger partial charge on any atom is 0.254 e. The molecule has 0 atom stereocenters. The number of hydrogen-bond donors (Lipinski definition) is 2. The summed E-state index contributed by atoms with van der Waals surface area (Å²) < 4.78 is 15.3. The van der Waals surface area contributed by atoms with Crippen molar-refractivity contribution in [1.82, 2.24) is 4.98 Å². The smallest absolute Gasteiger partial charge is 0.254 e. The van der Waals surface area contributed by atoms with E-state index in [2.05, 4.69) is 4.98 Å². The van der Waals surface area contributed by atoms with E-state index in [9.17, 15) is 4.79 Å². The van der Waals surface area contributed by atoms with Crippen LogP contribution in [0.3, 0.4) is 0 Å². The number of rotatable bonds is 8. The first-order chi connectivity index (χ1) is 8.65. The van der Waals surface area contributed by atoms with Gasteiger partial charge in [0.05, 0.1) is 31.7 Å². The van der Waals surface area contributed by atoms with Gasteiger partial charge in [0.1, 0.15) is 12.2 Å². The molecule has 7 heteroatoms. The second kappa shape index (κ2) is 7.46. The first-order valence-corrected chi connectivity index (χ1v) is 5.40. The second-order valence-electron chi connectivity index (χ2n) is 3.44. The number of aromatic nitrogens is 1. The predicted molar refractivity (Wildman–Crippen MR) is 65.4 cm³/mol. The van der Waals surface area contributed by atoms with Gasteiger partial charge in [-0.2, -0.15) is 0 Å². The molecule has 4 N–H and O–H groups in total. The molecule has 18 heavy (non-hydrogen) atoms. The van der Waals surface area contributed by atoms with Crippen LogP contribution in [0.2, 0.25) is 0 Å². The molecule has 0 aliphatic rings.